The first-order chi connectivity index (χ1) is 68.9. The van der Waals surface area contributed by atoms with Crippen LogP contribution in [0.15, 0.2) is 322 Å². The second-order valence-electron chi connectivity index (χ2n) is 29.7. The zero-order chi connectivity index (χ0) is 101. The summed E-state index contributed by atoms with van der Waals surface area (Å²) in [5.74, 6) is -5.26. The second kappa shape index (κ2) is 53.7. The van der Waals surface area contributed by atoms with Crippen LogP contribution in [0.4, 0.5) is 30.7 Å². The van der Waals surface area contributed by atoms with Crippen LogP contribution in [-0.4, -0.2) is 154 Å². The number of rotatable bonds is 24. The third-order valence-corrected chi connectivity index (χ3v) is 20.1. The minimum Gasteiger partial charge on any atom is -0.460 e. The van der Waals surface area contributed by atoms with E-state index in [1.54, 1.807) is 251 Å². The van der Waals surface area contributed by atoms with Crippen molar-refractivity contribution in [2.45, 2.75) is 77.8 Å². The minimum absolute atomic E-state index is 0.00532. The lowest BCUT2D eigenvalue weighted by molar-refractivity contribution is -0.154. The van der Waals surface area contributed by atoms with Gasteiger partial charge in [0.1, 0.15) is 69.6 Å². The number of hydrogen-bond donors (Lipinski definition) is 4. The highest BCUT2D eigenvalue weighted by Crippen LogP contribution is 2.25. The molecule has 33 nitrogen and oxygen atoms in total. The number of carbonyl (C=O) groups excluding carboxylic acids is 6. The molecule has 0 aliphatic heterocycles. The number of ketones is 2. The van der Waals surface area contributed by atoms with E-state index in [1.165, 1.54) is 93.9 Å². The van der Waals surface area contributed by atoms with E-state index in [4.69, 9.17) is 26.7 Å². The van der Waals surface area contributed by atoms with Crippen molar-refractivity contribution in [3.63, 3.8) is 0 Å². The quantitative estimate of drug-likeness (QED) is 0.00830. The summed E-state index contributed by atoms with van der Waals surface area (Å²) in [5.41, 5.74) is 20.9. The number of benzene rings is 7. The molecule has 6 N–H and O–H groups in total. The minimum atomic E-state index is -0.991. The molecule has 0 saturated carbocycles. The molecule has 0 radical (unpaired) electrons. The summed E-state index contributed by atoms with van der Waals surface area (Å²) in [6, 6.07) is 73.1. The molecule has 11 aromatic heterocycles. The number of halogens is 7. The molecular formula is C102H87F7N24O9. The highest BCUT2D eigenvalue weighted by molar-refractivity contribution is 6.32. The summed E-state index contributed by atoms with van der Waals surface area (Å²) in [7, 11) is 0. The Kier molecular flexibility index (Phi) is 39.3. The molecule has 0 aliphatic rings. The third-order valence-electron chi connectivity index (χ3n) is 20.1. The Morgan fingerprint density at radius 2 is 0.768 bits per heavy atom. The number of Topliss-reactive ketones (excluding diaryl/α,β-unsaturated/α-hetero) is 2. The molecule has 142 heavy (non-hydrogen) atoms. The Labute approximate surface area is 806 Å². The van der Waals surface area contributed by atoms with Crippen LogP contribution in [0.5, 0.6) is 0 Å². The molecule has 0 saturated heterocycles. The molecular weight excluding hydrogens is 1840 g/mol. The topological polar surface area (TPSA) is 461 Å². The van der Waals surface area contributed by atoms with Crippen LogP contribution in [0.3, 0.4) is 0 Å². The van der Waals surface area contributed by atoms with Crippen molar-refractivity contribution in [1.29, 1.82) is 5.26 Å². The Morgan fingerprint density at radius 1 is 0.408 bits per heavy atom. The van der Waals surface area contributed by atoms with Crippen LogP contribution in [0, 0.1) is 52.1 Å². The number of hydrogen-bond acceptors (Lipinski definition) is 28. The van der Waals surface area contributed by atoms with Gasteiger partial charge in [-0.25, -0.2) is 68.8 Å². The number of nitrogens with two attached hydrogens (primary N) is 2. The van der Waals surface area contributed by atoms with Crippen molar-refractivity contribution in [1.82, 2.24) is 100 Å². The highest BCUT2D eigenvalue weighted by Gasteiger charge is 2.26. The molecule has 718 valence electrons. The molecule has 2 unspecified atom stereocenters. The van der Waals surface area contributed by atoms with Crippen LogP contribution >= 0.6 is 0 Å². The number of primary amides is 1. The van der Waals surface area contributed by atoms with Gasteiger partial charge in [-0.05, 0) is 199 Å². The average Bonchev–Trinajstić information content (AvgIpc) is 1.65. The summed E-state index contributed by atoms with van der Waals surface area (Å²) in [5, 5.41) is 73.1. The number of ether oxygens (including phenoxy) is 2. The van der Waals surface area contributed by atoms with Crippen LogP contribution in [0.1, 0.15) is 154 Å². The number of oxime groups is 1. The van der Waals surface area contributed by atoms with E-state index < -0.39 is 35.6 Å². The van der Waals surface area contributed by atoms with E-state index >= 15 is 0 Å². The first-order valence-electron chi connectivity index (χ1n) is 43.3. The van der Waals surface area contributed by atoms with Crippen molar-refractivity contribution in [3.8, 4) is 6.07 Å². The molecule has 40 heteroatoms. The van der Waals surface area contributed by atoms with Crippen LogP contribution in [0.2, 0.25) is 0 Å². The SMILES string of the molecule is CC(=O)c1cccnn1.CCOC(=O)C(=O)NC(Cc1ccccc1F)c1cccnn1.CCOC(=O)c1nc(Cc2ccccc2F)c2cccnn12.N#Cc1nc(Cc2ccccc2F)c2cccnn12.NC(=O)c1nc(Cc2ccccc2F)c2cccnn12.NC(Cc1ccccc1F)c1cccnn1.O/N=C(\Cc1ccccc1F)c1cccnn1.O=C(Cc1ccccc1F)c1cccnn1. The van der Waals surface area contributed by atoms with E-state index in [0.717, 1.165) is 5.52 Å². The van der Waals surface area contributed by atoms with Gasteiger partial charge < -0.3 is 31.5 Å². The van der Waals surface area contributed by atoms with Crippen molar-refractivity contribution < 1.29 is 74.2 Å². The summed E-state index contributed by atoms with van der Waals surface area (Å²) in [6.07, 6.45) is 13.9. The lowest BCUT2D eigenvalue weighted by Gasteiger charge is -2.17. The number of aromatic nitrogens is 19. The maximum absolute atomic E-state index is 13.8. The normalized spacial score (nSPS) is 11.0. The van der Waals surface area contributed by atoms with Crippen molar-refractivity contribution in [3.05, 3.63) is 459 Å². The molecule has 0 fully saturated rings. The molecule has 0 aliphatic carbocycles. The Bertz CT molecular complexity index is 7330. The maximum Gasteiger partial charge on any atom is 0.396 e. The molecule has 0 bridgehead atoms. The van der Waals surface area contributed by atoms with Gasteiger partial charge in [0.2, 0.25) is 17.5 Å². The molecule has 18 rings (SSSR count). The van der Waals surface area contributed by atoms with Crippen molar-refractivity contribution in [2.75, 3.05) is 13.2 Å². The van der Waals surface area contributed by atoms with Crippen molar-refractivity contribution in [2.24, 2.45) is 16.6 Å². The summed E-state index contributed by atoms with van der Waals surface area (Å²) >= 11 is 0. The predicted octanol–water partition coefficient (Wildman–Crippen LogP) is 14.7. The van der Waals surface area contributed by atoms with E-state index in [0.29, 0.717) is 103 Å². The van der Waals surface area contributed by atoms with E-state index in [1.807, 2.05) is 12.1 Å². The number of amides is 2. The Hall–Kier alpha value is -18.6. The fourth-order valence-electron chi connectivity index (χ4n) is 13.2. The number of fused-ring (bicyclic) bond motifs is 3. The van der Waals surface area contributed by atoms with Gasteiger partial charge >= 0.3 is 17.8 Å². The molecule has 11 heterocycles. The van der Waals surface area contributed by atoms with Gasteiger partial charge in [0.25, 0.3) is 5.91 Å². The second-order valence-corrected chi connectivity index (χ2v) is 29.7. The van der Waals surface area contributed by atoms with Gasteiger partial charge in [-0.2, -0.15) is 56.2 Å². The maximum atomic E-state index is 13.8. The molecule has 0 spiro atoms. The standard InChI is InChI=1S/C16H16FN3O3.C16H14FN3O2.C14H11FN4O.C14H9FN4.C12H10FN3O.C12H12FN3.C12H9FN2O.C6H6N2O/c1-2-23-16(22)15(21)19-14(13-8-5-9-18-20-13)10-11-6-3-4-7-12(11)17;1-2-22-16(21)15-19-13(14-8-5-9-18-20(14)15)10-11-6-3-4-7-12(11)17;15-10-5-2-1-4-9(10)8-11-12-6-3-7-17-19(12)14(18-11)13(16)20;15-11-5-2-1-4-10(11)8-12-13-6-3-7-17-19(13)14(9-16)18-12;13-10-5-2-1-4-9(10)8-12(16-17)11-6-3-7-14-15-11;13-10-5-2-1-4-9(10)8-11(14)12-6-3-7-15-16-12;13-10-5-2-1-4-9(10)8-12(16)11-6-3-7-14-15-11;1-5(9)6-3-2-4-7-8-6/h3-9,14H,2,10H2,1H3,(H,19,21);3-9H,2,10H2,1H3;1-7H,8H2,(H2,16,20);1-7H,8H2;1-7,17H,8H2;1-7,11H,8,14H2;1-7H,8H2;2-4H,1H3/b;;;;16-12+;;;. The number of carbonyl (C=O) groups is 6. The molecule has 2 atom stereocenters. The van der Waals surface area contributed by atoms with E-state index in [2.05, 4.69) is 96.4 Å². The summed E-state index contributed by atoms with van der Waals surface area (Å²) < 4.78 is 109. The number of nitriles is 1. The fraction of sp³-hybridized carbons (Fsp3) is 0.137. The smallest absolute Gasteiger partial charge is 0.396 e. The van der Waals surface area contributed by atoms with E-state index in [9.17, 15) is 59.5 Å². The van der Waals surface area contributed by atoms with Gasteiger partial charge in [-0.15, -0.1) is 15.3 Å². The molecule has 7 aromatic carbocycles. The summed E-state index contributed by atoms with van der Waals surface area (Å²) in [4.78, 5) is 81.6. The van der Waals surface area contributed by atoms with E-state index in [-0.39, 0.29) is 127 Å². The van der Waals surface area contributed by atoms with Crippen LogP contribution < -0.4 is 16.8 Å². The lowest BCUT2D eigenvalue weighted by Crippen LogP contribution is -2.37. The Morgan fingerprint density at radius 3 is 1.16 bits per heavy atom. The third kappa shape index (κ3) is 30.2. The average molecular weight is 1930 g/mol. The van der Waals surface area contributed by atoms with Crippen LogP contribution in [0.25, 0.3) is 16.6 Å². The zero-order valence-corrected chi connectivity index (χ0v) is 75.9. The molecule has 18 aromatic rings. The van der Waals surface area contributed by atoms with Gasteiger partial charge in [0.15, 0.2) is 11.6 Å². The fourth-order valence-corrected chi connectivity index (χ4v) is 13.2. The zero-order valence-electron chi connectivity index (χ0n) is 75.9. The Balaban J connectivity index is 0.000000156. The largest absolute Gasteiger partial charge is 0.460 e. The number of nitrogens with one attached hydrogen (secondary N) is 1. The van der Waals surface area contributed by atoms with Crippen LogP contribution in [-0.2, 0) is 64.0 Å². The molecule has 2 amide bonds. The first kappa shape index (κ1) is 104. The monoisotopic (exact) mass is 1920 g/mol. The van der Waals surface area contributed by atoms with Gasteiger partial charge in [-0.3, -0.25) is 19.2 Å². The van der Waals surface area contributed by atoms with Crippen molar-refractivity contribution >= 4 is 57.6 Å². The number of imidazole rings is 3. The number of esters is 2. The number of nitrogens with zero attached hydrogens (tertiary/aromatic N) is 21. The van der Waals surface area contributed by atoms with Gasteiger partial charge in [-0.1, -0.05) is 133 Å². The predicted molar refractivity (Wildman–Crippen MR) is 503 cm³/mol. The van der Waals surface area contributed by atoms with Gasteiger partial charge in [0.05, 0.1) is 70.3 Å². The highest BCUT2D eigenvalue weighted by atomic mass is 19.2. The lowest BCUT2D eigenvalue weighted by atomic mass is 10.0. The summed E-state index contributed by atoms with van der Waals surface area (Å²) in [6.45, 7) is 5.13. The first-order valence-corrected chi connectivity index (χ1v) is 43.3. The van der Waals surface area contributed by atoms with Gasteiger partial charge in [0, 0.05) is 95.0 Å².